The first-order valence-corrected chi connectivity index (χ1v) is 7.89. The molecule has 1 aliphatic rings. The first-order valence-electron chi connectivity index (χ1n) is 6.02. The van der Waals surface area contributed by atoms with Crippen molar-refractivity contribution < 1.29 is 13.2 Å². The fraction of sp³-hybridized carbons (Fsp3) is 0.417. The summed E-state index contributed by atoms with van der Waals surface area (Å²) in [6, 6.07) is 6.47. The summed E-state index contributed by atoms with van der Waals surface area (Å²) in [4.78, 5) is 11.4. The van der Waals surface area contributed by atoms with E-state index in [1.54, 1.807) is 12.1 Å². The van der Waals surface area contributed by atoms with E-state index in [1.165, 1.54) is 12.1 Å². The topological polar surface area (TPSA) is 75.3 Å². The third-order valence-electron chi connectivity index (χ3n) is 2.71. The standard InChI is InChI=1S/C12H15ClN2O3S/c13-10-3-1-2-4-11(10)19(17,18)14-8-7-12(16)15-9-5-6-9/h1-4,9,14H,5-8H2,(H,15,16). The molecule has 0 radical (unpaired) electrons. The minimum atomic E-state index is -3.66. The van der Waals surface area contributed by atoms with Crippen LogP contribution in [0.1, 0.15) is 19.3 Å². The molecule has 19 heavy (non-hydrogen) atoms. The lowest BCUT2D eigenvalue weighted by molar-refractivity contribution is -0.121. The Morgan fingerprint density at radius 3 is 2.63 bits per heavy atom. The van der Waals surface area contributed by atoms with Gasteiger partial charge in [0.2, 0.25) is 15.9 Å². The molecule has 1 aliphatic carbocycles. The molecular formula is C12H15ClN2O3S. The second kappa shape index (κ2) is 5.90. The van der Waals surface area contributed by atoms with Gasteiger partial charge in [-0.25, -0.2) is 13.1 Å². The molecule has 0 atom stereocenters. The lowest BCUT2D eigenvalue weighted by Crippen LogP contribution is -2.31. The molecule has 0 spiro atoms. The predicted octanol–water partition coefficient (Wildman–Crippen LogP) is 1.29. The zero-order valence-corrected chi connectivity index (χ0v) is 11.8. The Bertz CT molecular complexity index is 570. The maximum atomic E-state index is 11.9. The van der Waals surface area contributed by atoms with Crippen molar-refractivity contribution in [1.29, 1.82) is 0 Å². The molecule has 2 N–H and O–H groups in total. The Labute approximate surface area is 117 Å². The number of rotatable bonds is 6. The number of nitrogens with one attached hydrogen (secondary N) is 2. The van der Waals surface area contributed by atoms with Crippen LogP contribution in [0.3, 0.4) is 0 Å². The van der Waals surface area contributed by atoms with Crippen molar-refractivity contribution in [2.24, 2.45) is 0 Å². The molecule has 0 heterocycles. The molecule has 0 saturated heterocycles. The SMILES string of the molecule is O=C(CCNS(=O)(=O)c1ccccc1Cl)NC1CC1. The smallest absolute Gasteiger partial charge is 0.242 e. The van der Waals surface area contributed by atoms with Crippen molar-refractivity contribution in [2.45, 2.75) is 30.2 Å². The van der Waals surface area contributed by atoms with Crippen LogP contribution in [0.5, 0.6) is 0 Å². The predicted molar refractivity (Wildman–Crippen MR) is 72.4 cm³/mol. The molecule has 7 heteroatoms. The summed E-state index contributed by atoms with van der Waals surface area (Å²) in [5.74, 6) is -0.135. The first-order chi connectivity index (χ1) is 8.99. The van der Waals surface area contributed by atoms with Crippen molar-refractivity contribution in [1.82, 2.24) is 10.0 Å². The molecule has 0 aliphatic heterocycles. The number of hydrogen-bond donors (Lipinski definition) is 2. The van der Waals surface area contributed by atoms with E-state index in [0.717, 1.165) is 12.8 Å². The monoisotopic (exact) mass is 302 g/mol. The molecule has 0 bridgehead atoms. The van der Waals surface area contributed by atoms with Gasteiger partial charge in [0.15, 0.2) is 0 Å². The molecule has 1 aromatic carbocycles. The van der Waals surface area contributed by atoms with E-state index in [4.69, 9.17) is 11.6 Å². The molecule has 0 unspecified atom stereocenters. The number of halogens is 1. The van der Waals surface area contributed by atoms with Gasteiger partial charge in [-0.2, -0.15) is 0 Å². The van der Waals surface area contributed by atoms with Crippen molar-refractivity contribution in [3.63, 3.8) is 0 Å². The van der Waals surface area contributed by atoms with E-state index in [1.807, 2.05) is 0 Å². The summed E-state index contributed by atoms with van der Waals surface area (Å²) in [6.07, 6.45) is 2.15. The van der Waals surface area contributed by atoms with Crippen LogP contribution in [0, 0.1) is 0 Å². The van der Waals surface area contributed by atoms with E-state index in [9.17, 15) is 13.2 Å². The van der Waals surface area contributed by atoms with Crippen molar-refractivity contribution >= 4 is 27.5 Å². The van der Waals surface area contributed by atoms with Gasteiger partial charge >= 0.3 is 0 Å². The highest BCUT2D eigenvalue weighted by molar-refractivity contribution is 7.89. The van der Waals surface area contributed by atoms with Gasteiger partial charge in [-0.05, 0) is 25.0 Å². The summed E-state index contributed by atoms with van der Waals surface area (Å²) >= 11 is 5.83. The minimum Gasteiger partial charge on any atom is -0.353 e. The highest BCUT2D eigenvalue weighted by Crippen LogP contribution is 2.20. The Morgan fingerprint density at radius 1 is 1.32 bits per heavy atom. The van der Waals surface area contributed by atoms with Crippen molar-refractivity contribution in [3.8, 4) is 0 Å². The van der Waals surface area contributed by atoms with Gasteiger partial charge in [-0.1, -0.05) is 23.7 Å². The van der Waals surface area contributed by atoms with Crippen LogP contribution in [0.2, 0.25) is 5.02 Å². The van der Waals surface area contributed by atoms with Crippen LogP contribution < -0.4 is 10.0 Å². The van der Waals surface area contributed by atoms with Gasteiger partial charge < -0.3 is 5.32 Å². The number of carbonyl (C=O) groups is 1. The van der Waals surface area contributed by atoms with Gasteiger partial charge in [0.05, 0.1) is 5.02 Å². The molecule has 104 valence electrons. The van der Waals surface area contributed by atoms with E-state index >= 15 is 0 Å². The molecular weight excluding hydrogens is 288 g/mol. The largest absolute Gasteiger partial charge is 0.353 e. The summed E-state index contributed by atoms with van der Waals surface area (Å²) in [7, 11) is -3.66. The molecule has 2 rings (SSSR count). The highest BCUT2D eigenvalue weighted by Gasteiger charge is 2.23. The molecule has 0 aromatic heterocycles. The number of hydrogen-bond acceptors (Lipinski definition) is 3. The maximum absolute atomic E-state index is 11.9. The van der Waals surface area contributed by atoms with Crippen LogP contribution in [-0.2, 0) is 14.8 Å². The van der Waals surface area contributed by atoms with Crippen LogP contribution in [0.15, 0.2) is 29.2 Å². The molecule has 1 fully saturated rings. The molecule has 1 aromatic rings. The van der Waals surface area contributed by atoms with E-state index in [2.05, 4.69) is 10.0 Å². The van der Waals surface area contributed by atoms with Gasteiger partial charge in [-0.15, -0.1) is 0 Å². The van der Waals surface area contributed by atoms with Gasteiger partial charge in [0, 0.05) is 19.0 Å². The average Bonchev–Trinajstić information content (AvgIpc) is 3.13. The molecule has 1 amide bonds. The third-order valence-corrected chi connectivity index (χ3v) is 4.67. The quantitative estimate of drug-likeness (QED) is 0.831. The van der Waals surface area contributed by atoms with E-state index < -0.39 is 10.0 Å². The van der Waals surface area contributed by atoms with Crippen LogP contribution in [0.25, 0.3) is 0 Å². The fourth-order valence-corrected chi connectivity index (χ4v) is 3.12. The zero-order chi connectivity index (χ0) is 13.9. The highest BCUT2D eigenvalue weighted by atomic mass is 35.5. The minimum absolute atomic E-state index is 0.0271. The number of amides is 1. The van der Waals surface area contributed by atoms with E-state index in [-0.39, 0.29) is 34.8 Å². The zero-order valence-electron chi connectivity index (χ0n) is 10.2. The third kappa shape index (κ3) is 4.19. The van der Waals surface area contributed by atoms with Crippen LogP contribution in [0.4, 0.5) is 0 Å². The summed E-state index contributed by atoms with van der Waals surface area (Å²) in [5.41, 5.74) is 0. The normalized spacial score (nSPS) is 15.2. The lowest BCUT2D eigenvalue weighted by atomic mass is 10.4. The van der Waals surface area contributed by atoms with Crippen molar-refractivity contribution in [2.75, 3.05) is 6.54 Å². The summed E-state index contributed by atoms with van der Waals surface area (Å²) in [6.45, 7) is 0.0616. The maximum Gasteiger partial charge on any atom is 0.242 e. The van der Waals surface area contributed by atoms with Gasteiger partial charge in [0.25, 0.3) is 0 Å². The Hall–Kier alpha value is -1.11. The first kappa shape index (κ1) is 14.3. The number of carbonyl (C=O) groups excluding carboxylic acids is 1. The fourth-order valence-electron chi connectivity index (χ4n) is 1.57. The number of sulfonamides is 1. The Morgan fingerprint density at radius 2 is 2.00 bits per heavy atom. The van der Waals surface area contributed by atoms with Crippen molar-refractivity contribution in [3.05, 3.63) is 29.3 Å². The second-order valence-electron chi connectivity index (χ2n) is 4.42. The average molecular weight is 303 g/mol. The van der Waals surface area contributed by atoms with E-state index in [0.29, 0.717) is 0 Å². The molecule has 1 saturated carbocycles. The number of benzene rings is 1. The lowest BCUT2D eigenvalue weighted by Gasteiger charge is -2.08. The Kier molecular flexibility index (Phi) is 4.44. The van der Waals surface area contributed by atoms with Crippen LogP contribution >= 0.6 is 11.6 Å². The van der Waals surface area contributed by atoms with Crippen LogP contribution in [-0.4, -0.2) is 26.9 Å². The van der Waals surface area contributed by atoms with Gasteiger partial charge in [-0.3, -0.25) is 4.79 Å². The molecule has 5 nitrogen and oxygen atoms in total. The van der Waals surface area contributed by atoms with Gasteiger partial charge in [0.1, 0.15) is 4.90 Å². The second-order valence-corrected chi connectivity index (χ2v) is 6.56. The summed E-state index contributed by atoms with van der Waals surface area (Å²) in [5, 5.41) is 2.96. The Balaban J connectivity index is 1.87. The summed E-state index contributed by atoms with van der Waals surface area (Å²) < 4.78 is 26.3.